The molecule has 3 saturated carbocycles. The molecule has 7 atom stereocenters. The number of amides is 5. The van der Waals surface area contributed by atoms with Crippen LogP contribution in [-0.4, -0.2) is 76.7 Å². The average Bonchev–Trinajstić information content (AvgIpc) is 3.79. The van der Waals surface area contributed by atoms with Crippen LogP contribution in [0.2, 0.25) is 0 Å². The highest BCUT2D eigenvalue weighted by molar-refractivity contribution is 6.37. The summed E-state index contributed by atoms with van der Waals surface area (Å²) < 4.78 is 5.33. The summed E-state index contributed by atoms with van der Waals surface area (Å²) in [6, 6.07) is -4.59. The first-order valence-corrected chi connectivity index (χ1v) is 14.9. The molecule has 5 amide bonds. The molecule has 1 heterocycles. The number of nitrogens with one attached hydrogen (secondary N) is 3. The summed E-state index contributed by atoms with van der Waals surface area (Å²) in [5.74, 6) is -2.79. The number of fused-ring (bicyclic) bond motifs is 1. The monoisotopic (exact) mass is 589 g/mol. The van der Waals surface area contributed by atoms with E-state index in [1.165, 1.54) is 11.8 Å². The van der Waals surface area contributed by atoms with Crippen LogP contribution in [0.1, 0.15) is 81.6 Å². The second-order valence-electron chi connectivity index (χ2n) is 15.3. The number of ketones is 1. The van der Waals surface area contributed by atoms with Crippen molar-refractivity contribution in [1.29, 1.82) is 0 Å². The largest absolute Gasteiger partial charge is 0.458 e. The van der Waals surface area contributed by atoms with Crippen LogP contribution in [-0.2, 0) is 28.7 Å². The molecular formula is C30H47N5O7. The number of carbonyl (C=O) groups excluding carboxylic acids is 6. The first kappa shape index (κ1) is 31.7. The van der Waals surface area contributed by atoms with Crippen molar-refractivity contribution in [2.75, 3.05) is 6.54 Å². The Hall–Kier alpha value is -3.18. The Bertz CT molecular complexity index is 1200. The van der Waals surface area contributed by atoms with Crippen LogP contribution in [0.25, 0.3) is 0 Å². The zero-order chi connectivity index (χ0) is 31.7. The summed E-state index contributed by atoms with van der Waals surface area (Å²) in [7, 11) is 0. The molecule has 4 rings (SSSR count). The van der Waals surface area contributed by atoms with Gasteiger partial charge in [0, 0.05) is 12.0 Å². The minimum Gasteiger partial charge on any atom is -0.458 e. The van der Waals surface area contributed by atoms with Gasteiger partial charge < -0.3 is 31.3 Å². The number of ether oxygens (including phenoxy) is 1. The van der Waals surface area contributed by atoms with Gasteiger partial charge in [0.1, 0.15) is 23.7 Å². The van der Waals surface area contributed by atoms with E-state index in [2.05, 4.69) is 29.8 Å². The molecule has 1 aliphatic heterocycles. The summed E-state index contributed by atoms with van der Waals surface area (Å²) in [5.41, 5.74) is 3.23. The molecule has 12 heteroatoms. The number of esters is 1. The Morgan fingerprint density at radius 2 is 1.57 bits per heavy atom. The summed E-state index contributed by atoms with van der Waals surface area (Å²) in [5, 5.41) is 8.06. The lowest BCUT2D eigenvalue weighted by molar-refractivity contribution is -0.156. The van der Waals surface area contributed by atoms with Gasteiger partial charge in [-0.15, -0.1) is 0 Å². The molecule has 12 nitrogen and oxygen atoms in total. The fourth-order valence-corrected chi connectivity index (χ4v) is 7.34. The van der Waals surface area contributed by atoms with Gasteiger partial charge >= 0.3 is 12.0 Å². The van der Waals surface area contributed by atoms with Crippen molar-refractivity contribution in [2.45, 2.75) is 111 Å². The minimum atomic E-state index is -1.10. The van der Waals surface area contributed by atoms with Gasteiger partial charge in [-0.25, -0.2) is 9.59 Å². The molecule has 0 bridgehead atoms. The molecule has 42 heavy (non-hydrogen) atoms. The minimum absolute atomic E-state index is 0.141. The third-order valence-electron chi connectivity index (χ3n) is 9.56. The van der Waals surface area contributed by atoms with Gasteiger partial charge in [0.25, 0.3) is 5.91 Å². The van der Waals surface area contributed by atoms with Crippen molar-refractivity contribution < 1.29 is 33.5 Å². The van der Waals surface area contributed by atoms with Crippen LogP contribution in [0.15, 0.2) is 0 Å². The third-order valence-corrected chi connectivity index (χ3v) is 9.56. The number of primary amides is 1. The van der Waals surface area contributed by atoms with Gasteiger partial charge in [0.05, 0.1) is 6.04 Å². The topological polar surface area (TPSA) is 177 Å². The molecule has 0 aromatic carbocycles. The molecule has 0 aromatic heterocycles. The van der Waals surface area contributed by atoms with Crippen molar-refractivity contribution >= 4 is 35.5 Å². The van der Waals surface area contributed by atoms with Crippen LogP contribution >= 0.6 is 0 Å². The smallest absolute Gasteiger partial charge is 0.328 e. The molecule has 3 unspecified atom stereocenters. The number of piperidine rings is 1. The van der Waals surface area contributed by atoms with Crippen molar-refractivity contribution in [3.8, 4) is 0 Å². The van der Waals surface area contributed by atoms with E-state index in [0.29, 0.717) is 13.0 Å². The molecule has 0 aromatic rings. The van der Waals surface area contributed by atoms with Crippen molar-refractivity contribution in [3.63, 3.8) is 0 Å². The van der Waals surface area contributed by atoms with E-state index < -0.39 is 76.1 Å². The van der Waals surface area contributed by atoms with Gasteiger partial charge in [-0.3, -0.25) is 19.2 Å². The second-order valence-corrected chi connectivity index (χ2v) is 15.3. The number of nitrogens with zero attached hydrogens (tertiary/aromatic N) is 1. The molecule has 1 saturated heterocycles. The highest BCUT2D eigenvalue weighted by Crippen LogP contribution is 2.95. The maximum atomic E-state index is 14.2. The van der Waals surface area contributed by atoms with Crippen molar-refractivity contribution in [2.24, 2.45) is 39.7 Å². The number of hydrogen-bond acceptors (Lipinski definition) is 7. The number of likely N-dealkylation sites (tertiary alicyclic amines) is 1. The molecule has 3 aliphatic carbocycles. The summed E-state index contributed by atoms with van der Waals surface area (Å²) in [6.07, 6.45) is 2.17. The van der Waals surface area contributed by atoms with E-state index >= 15 is 0 Å². The van der Waals surface area contributed by atoms with E-state index in [4.69, 9.17) is 10.5 Å². The Labute approximate surface area is 247 Å². The maximum Gasteiger partial charge on any atom is 0.328 e. The Morgan fingerprint density at radius 1 is 0.976 bits per heavy atom. The molecule has 4 fully saturated rings. The van der Waals surface area contributed by atoms with Gasteiger partial charge in [-0.05, 0) is 62.7 Å². The standard InChI is InChI=1S/C30H47N5O7/c1-14(25(40)42-28(5,6)7)32-26(41)34-20(27(2,3)4)24(39)35-13-16-19-29(8,9)30(16,19)21(35)23(38)33-17(12-15-10-11-15)18(36)22(31)37/h14-17,19-21H,10-13H2,1-9H3,(H2,31,37)(H,33,38)(H2,32,34,41)/t14-,16+,17?,19?,20+,21+,30?/m0/s1. The van der Waals surface area contributed by atoms with Crippen LogP contribution in [0, 0.1) is 34.0 Å². The zero-order valence-electron chi connectivity index (χ0n) is 26.3. The SMILES string of the molecule is C[C@H](NC(=O)N[C@H](C(=O)N1C[C@@H]2C3C(C)(C)C32[C@H]1C(=O)NC(CC1CC1)C(=O)C(N)=O)C(C)(C)C)C(=O)OC(C)(C)C. The lowest BCUT2D eigenvalue weighted by Gasteiger charge is -2.37. The summed E-state index contributed by atoms with van der Waals surface area (Å²) >= 11 is 0. The Kier molecular flexibility index (Phi) is 7.73. The average molecular weight is 590 g/mol. The Morgan fingerprint density at radius 3 is 2.05 bits per heavy atom. The van der Waals surface area contributed by atoms with Gasteiger partial charge in [0.2, 0.25) is 17.6 Å². The van der Waals surface area contributed by atoms with Crippen LogP contribution in [0.5, 0.6) is 0 Å². The molecule has 4 aliphatic rings. The number of urea groups is 1. The van der Waals surface area contributed by atoms with Crippen LogP contribution < -0.4 is 21.7 Å². The van der Waals surface area contributed by atoms with Gasteiger partial charge in [-0.1, -0.05) is 47.5 Å². The second kappa shape index (κ2) is 10.2. The molecular weight excluding hydrogens is 542 g/mol. The number of hydrogen-bond donors (Lipinski definition) is 4. The predicted molar refractivity (Wildman–Crippen MR) is 152 cm³/mol. The molecule has 0 radical (unpaired) electrons. The third kappa shape index (κ3) is 5.60. The maximum absolute atomic E-state index is 14.2. The number of rotatable bonds is 10. The van der Waals surface area contributed by atoms with Crippen LogP contribution in [0.3, 0.4) is 0 Å². The fraction of sp³-hybridized carbons (Fsp3) is 0.800. The lowest BCUT2D eigenvalue weighted by atomic mass is 9.83. The number of nitrogens with two attached hydrogens (primary N) is 1. The predicted octanol–water partition coefficient (Wildman–Crippen LogP) is 1.25. The van der Waals surface area contributed by atoms with E-state index in [9.17, 15) is 28.8 Å². The fourth-order valence-electron chi connectivity index (χ4n) is 7.34. The first-order chi connectivity index (χ1) is 19.1. The zero-order valence-corrected chi connectivity index (χ0v) is 26.3. The van der Waals surface area contributed by atoms with E-state index in [0.717, 1.165) is 12.8 Å². The van der Waals surface area contributed by atoms with E-state index in [1.807, 2.05) is 0 Å². The lowest BCUT2D eigenvalue weighted by Crippen LogP contribution is -2.62. The Balaban J connectivity index is 1.53. The number of Topliss-reactive ketones (excluding diaryl/α,β-unsaturated/α-hetero) is 1. The van der Waals surface area contributed by atoms with Gasteiger partial charge in [0.15, 0.2) is 0 Å². The molecule has 1 spiro atoms. The van der Waals surface area contributed by atoms with Crippen molar-refractivity contribution in [3.05, 3.63) is 0 Å². The highest BCUT2D eigenvalue weighted by Gasteiger charge is 2.97. The van der Waals surface area contributed by atoms with E-state index in [-0.39, 0.29) is 23.2 Å². The normalized spacial score (nSPS) is 29.2. The quantitative estimate of drug-likeness (QED) is 0.219. The van der Waals surface area contributed by atoms with Crippen molar-refractivity contribution in [1.82, 2.24) is 20.9 Å². The first-order valence-electron chi connectivity index (χ1n) is 14.9. The number of carbonyl (C=O) groups is 6. The molecule has 234 valence electrons. The highest BCUT2D eigenvalue weighted by atomic mass is 16.6. The van der Waals surface area contributed by atoms with Crippen LogP contribution in [0.4, 0.5) is 4.79 Å². The molecule has 5 N–H and O–H groups in total. The van der Waals surface area contributed by atoms with Gasteiger partial charge in [-0.2, -0.15) is 0 Å². The van der Waals surface area contributed by atoms with E-state index in [1.54, 1.807) is 41.5 Å². The summed E-state index contributed by atoms with van der Waals surface area (Å²) in [6.45, 7) is 16.6. The summed E-state index contributed by atoms with van der Waals surface area (Å²) in [4.78, 5) is 79.3.